The molecule has 1 saturated heterocycles. The number of hydrogen-bond donors (Lipinski definition) is 1. The van der Waals surface area contributed by atoms with Crippen LogP contribution in [0.3, 0.4) is 0 Å². The lowest BCUT2D eigenvalue weighted by molar-refractivity contribution is 0.0746. The van der Waals surface area contributed by atoms with Gasteiger partial charge in [0, 0.05) is 54.7 Å². The van der Waals surface area contributed by atoms with E-state index in [1.54, 1.807) is 44.6 Å². The summed E-state index contributed by atoms with van der Waals surface area (Å²) in [5.41, 5.74) is 2.62. The Morgan fingerprint density at radius 2 is 1.26 bits per heavy atom. The minimum absolute atomic E-state index is 0.0563. The van der Waals surface area contributed by atoms with Crippen molar-refractivity contribution in [1.29, 1.82) is 0 Å². The molecule has 0 aromatic heterocycles. The van der Waals surface area contributed by atoms with Crippen molar-refractivity contribution in [3.8, 4) is 28.7 Å². The van der Waals surface area contributed by atoms with Crippen LogP contribution in [0.4, 0.5) is 11.4 Å². The maximum Gasteiger partial charge on any atom is 0.255 e. The molecule has 0 spiro atoms. The fourth-order valence-corrected chi connectivity index (χ4v) is 4.76. The summed E-state index contributed by atoms with van der Waals surface area (Å²) in [6.45, 7) is 9.47. The van der Waals surface area contributed by atoms with Gasteiger partial charge < -0.3 is 38.8 Å². The molecule has 42 heavy (non-hydrogen) atoms. The van der Waals surface area contributed by atoms with Gasteiger partial charge in [0.25, 0.3) is 11.8 Å². The number of nitrogens with zero attached hydrogens (tertiary/aromatic N) is 2. The quantitative estimate of drug-likeness (QED) is 0.317. The van der Waals surface area contributed by atoms with Gasteiger partial charge in [-0.25, -0.2) is 0 Å². The van der Waals surface area contributed by atoms with Gasteiger partial charge in [-0.15, -0.1) is 0 Å². The van der Waals surface area contributed by atoms with Crippen LogP contribution in [0.5, 0.6) is 28.7 Å². The van der Waals surface area contributed by atoms with Crippen molar-refractivity contribution >= 4 is 23.2 Å². The van der Waals surface area contributed by atoms with Gasteiger partial charge in [0.2, 0.25) is 5.75 Å². The van der Waals surface area contributed by atoms with E-state index in [1.807, 2.05) is 49.9 Å². The van der Waals surface area contributed by atoms with Crippen LogP contribution in [0.15, 0.2) is 54.6 Å². The van der Waals surface area contributed by atoms with Gasteiger partial charge in [0.15, 0.2) is 11.5 Å². The molecule has 3 aromatic carbocycles. The maximum absolute atomic E-state index is 13.2. The van der Waals surface area contributed by atoms with E-state index in [9.17, 15) is 9.59 Å². The number of carbonyl (C=O) groups is 2. The molecule has 0 unspecified atom stereocenters. The monoisotopic (exact) mass is 577 g/mol. The van der Waals surface area contributed by atoms with Crippen LogP contribution in [0.1, 0.15) is 41.5 Å². The first kappa shape index (κ1) is 30.4. The molecule has 0 bridgehead atoms. The van der Waals surface area contributed by atoms with E-state index >= 15 is 0 Å². The van der Waals surface area contributed by atoms with E-state index < -0.39 is 0 Å². The van der Waals surface area contributed by atoms with Gasteiger partial charge in [-0.3, -0.25) is 9.59 Å². The van der Waals surface area contributed by atoms with Gasteiger partial charge in [-0.05, 0) is 69.3 Å². The Bertz CT molecular complexity index is 1320. The number of benzene rings is 3. The Morgan fingerprint density at radius 1 is 0.714 bits per heavy atom. The highest BCUT2D eigenvalue weighted by Crippen LogP contribution is 2.39. The Labute approximate surface area is 247 Å². The average molecular weight is 578 g/mol. The smallest absolute Gasteiger partial charge is 0.255 e. The number of methoxy groups -OCH3 is 2. The third-order valence-electron chi connectivity index (χ3n) is 6.83. The standard InChI is InChI=1S/C32H39N3O7/c1-6-40-28-19-22(20-29(41-7-2)30(28)42-8-3)31(36)33-24-9-11-25(12-10-24)34-13-15-35(16-14-34)32(37)23-17-26(38-4)21-27(18-23)39-5/h9-12,17-21H,6-8,13-16H2,1-5H3,(H,33,36). The van der Waals surface area contributed by atoms with Gasteiger partial charge >= 0.3 is 0 Å². The van der Waals surface area contributed by atoms with E-state index in [2.05, 4.69) is 10.2 Å². The molecular formula is C32H39N3O7. The Hall–Kier alpha value is -4.60. The summed E-state index contributed by atoms with van der Waals surface area (Å²) >= 11 is 0. The Kier molecular flexibility index (Phi) is 10.4. The van der Waals surface area contributed by atoms with Crippen molar-refractivity contribution in [2.75, 3.05) is 70.4 Å². The minimum Gasteiger partial charge on any atom is -0.497 e. The number of anilines is 2. The number of nitrogens with one attached hydrogen (secondary N) is 1. The summed E-state index contributed by atoms with van der Waals surface area (Å²) in [4.78, 5) is 30.4. The van der Waals surface area contributed by atoms with Crippen molar-refractivity contribution < 1.29 is 33.3 Å². The maximum atomic E-state index is 13.2. The number of ether oxygens (including phenoxy) is 5. The van der Waals surface area contributed by atoms with Gasteiger partial charge in [-0.1, -0.05) is 0 Å². The summed E-state index contributed by atoms with van der Waals surface area (Å²) in [6.07, 6.45) is 0. The summed E-state index contributed by atoms with van der Waals surface area (Å²) < 4.78 is 27.8. The first-order valence-electron chi connectivity index (χ1n) is 14.2. The third kappa shape index (κ3) is 7.18. The van der Waals surface area contributed by atoms with E-state index in [0.29, 0.717) is 91.6 Å². The first-order valence-corrected chi connectivity index (χ1v) is 14.2. The van der Waals surface area contributed by atoms with Gasteiger partial charge in [0.1, 0.15) is 11.5 Å². The fraction of sp³-hybridized carbons (Fsp3) is 0.375. The van der Waals surface area contributed by atoms with Crippen LogP contribution < -0.4 is 33.9 Å². The summed E-state index contributed by atoms with van der Waals surface area (Å²) in [5.74, 6) is 2.24. The van der Waals surface area contributed by atoms with Crippen LogP contribution in [0.25, 0.3) is 0 Å². The van der Waals surface area contributed by atoms with Crippen LogP contribution in [-0.2, 0) is 0 Å². The number of carbonyl (C=O) groups excluding carboxylic acids is 2. The van der Waals surface area contributed by atoms with Crippen LogP contribution in [0.2, 0.25) is 0 Å². The highest BCUT2D eigenvalue weighted by molar-refractivity contribution is 6.05. The molecule has 1 heterocycles. The van der Waals surface area contributed by atoms with E-state index in [0.717, 1.165) is 5.69 Å². The third-order valence-corrected chi connectivity index (χ3v) is 6.83. The zero-order chi connectivity index (χ0) is 30.1. The Morgan fingerprint density at radius 3 is 1.76 bits per heavy atom. The molecule has 2 amide bonds. The van der Waals surface area contributed by atoms with Crippen LogP contribution in [0, 0.1) is 0 Å². The first-order chi connectivity index (χ1) is 20.4. The lowest BCUT2D eigenvalue weighted by atomic mass is 10.1. The summed E-state index contributed by atoms with van der Waals surface area (Å²) in [7, 11) is 3.13. The molecule has 1 N–H and O–H groups in total. The number of piperazine rings is 1. The average Bonchev–Trinajstić information content (AvgIpc) is 3.02. The molecule has 10 heteroatoms. The zero-order valence-corrected chi connectivity index (χ0v) is 24.9. The van der Waals surface area contributed by atoms with E-state index in [-0.39, 0.29) is 11.8 Å². The predicted octanol–water partition coefficient (Wildman–Crippen LogP) is 5.11. The summed E-state index contributed by atoms with van der Waals surface area (Å²) in [5, 5.41) is 2.95. The number of rotatable bonds is 12. The zero-order valence-electron chi connectivity index (χ0n) is 24.9. The largest absolute Gasteiger partial charge is 0.497 e. The topological polar surface area (TPSA) is 98.8 Å². The highest BCUT2D eigenvalue weighted by Gasteiger charge is 2.24. The van der Waals surface area contributed by atoms with Crippen molar-refractivity contribution in [3.63, 3.8) is 0 Å². The van der Waals surface area contributed by atoms with Crippen molar-refractivity contribution in [2.24, 2.45) is 0 Å². The second kappa shape index (κ2) is 14.3. The lowest BCUT2D eigenvalue weighted by Gasteiger charge is -2.36. The van der Waals surface area contributed by atoms with Crippen molar-refractivity contribution in [1.82, 2.24) is 4.90 Å². The minimum atomic E-state index is -0.283. The van der Waals surface area contributed by atoms with Crippen molar-refractivity contribution in [3.05, 3.63) is 65.7 Å². The molecule has 0 aliphatic carbocycles. The van der Waals surface area contributed by atoms with Crippen molar-refractivity contribution in [2.45, 2.75) is 20.8 Å². The van der Waals surface area contributed by atoms with Gasteiger partial charge in [-0.2, -0.15) is 0 Å². The molecule has 1 aliphatic rings. The second-order valence-corrected chi connectivity index (χ2v) is 9.48. The molecular weight excluding hydrogens is 538 g/mol. The molecule has 3 aromatic rings. The fourth-order valence-electron chi connectivity index (χ4n) is 4.76. The van der Waals surface area contributed by atoms with Gasteiger partial charge in [0.05, 0.1) is 34.0 Å². The van der Waals surface area contributed by atoms with Crippen LogP contribution >= 0.6 is 0 Å². The molecule has 10 nitrogen and oxygen atoms in total. The second-order valence-electron chi connectivity index (χ2n) is 9.48. The SMILES string of the molecule is CCOc1cc(C(=O)Nc2ccc(N3CCN(C(=O)c4cc(OC)cc(OC)c4)CC3)cc2)cc(OCC)c1OCC. The normalized spacial score (nSPS) is 12.9. The van der Waals surface area contributed by atoms with Crippen LogP contribution in [-0.4, -0.2) is 76.9 Å². The molecule has 224 valence electrons. The molecule has 0 saturated carbocycles. The molecule has 0 atom stereocenters. The lowest BCUT2D eigenvalue weighted by Crippen LogP contribution is -2.48. The molecule has 0 radical (unpaired) electrons. The molecule has 4 rings (SSSR count). The molecule has 1 fully saturated rings. The summed E-state index contributed by atoms with van der Waals surface area (Å²) in [6, 6.07) is 16.2. The molecule has 1 aliphatic heterocycles. The Balaban J connectivity index is 1.39. The van der Waals surface area contributed by atoms with E-state index in [1.165, 1.54) is 0 Å². The van der Waals surface area contributed by atoms with E-state index in [4.69, 9.17) is 23.7 Å². The highest BCUT2D eigenvalue weighted by atomic mass is 16.5. The number of amides is 2. The predicted molar refractivity (Wildman–Crippen MR) is 162 cm³/mol. The number of hydrogen-bond acceptors (Lipinski definition) is 8.